The van der Waals surface area contributed by atoms with Gasteiger partial charge in [0.25, 0.3) is 15.2 Å². The number of H-pyrrole nitrogens is 1. The largest absolute Gasteiger partial charge is 0.507 e. The molecule has 0 atom stereocenters. The van der Waals surface area contributed by atoms with Crippen molar-refractivity contribution in [1.82, 2.24) is 19.5 Å². The number of carboxylic acids is 1. The summed E-state index contributed by atoms with van der Waals surface area (Å²) in [5.41, 5.74) is -0.248. The summed E-state index contributed by atoms with van der Waals surface area (Å²) < 4.78 is 31.1. The summed E-state index contributed by atoms with van der Waals surface area (Å²) in [7, 11) is -5.42. The normalized spacial score (nSPS) is 15.2. The van der Waals surface area contributed by atoms with Gasteiger partial charge in [-0.3, -0.25) is 0 Å². The highest BCUT2D eigenvalue weighted by Crippen LogP contribution is 2.34. The Morgan fingerprint density at radius 2 is 2.07 bits per heavy atom. The van der Waals surface area contributed by atoms with Crippen molar-refractivity contribution in [3.8, 4) is 11.5 Å². The quantitative estimate of drug-likeness (QED) is 0.325. The molecule has 12 nitrogen and oxygen atoms in total. The van der Waals surface area contributed by atoms with Crippen LogP contribution in [0.4, 0.5) is 0 Å². The van der Waals surface area contributed by atoms with Crippen LogP contribution >= 0.6 is 0 Å². The van der Waals surface area contributed by atoms with Gasteiger partial charge in [0.1, 0.15) is 29.5 Å². The lowest BCUT2D eigenvalue weighted by atomic mass is 9.82. The molecule has 14 heteroatoms. The maximum Gasteiger partial charge on any atom is 0.451 e. The first-order valence-corrected chi connectivity index (χ1v) is 9.60. The van der Waals surface area contributed by atoms with E-state index in [0.29, 0.717) is 0 Å². The van der Waals surface area contributed by atoms with E-state index in [-0.39, 0.29) is 42.3 Å². The molecule has 0 aliphatic carbocycles. The zero-order valence-corrected chi connectivity index (χ0v) is 15.2. The van der Waals surface area contributed by atoms with E-state index < -0.39 is 40.5 Å². The first kappa shape index (κ1) is 20.1. The lowest BCUT2D eigenvalue weighted by Crippen LogP contribution is -2.56. The van der Waals surface area contributed by atoms with Crippen LogP contribution in [-0.4, -0.2) is 80.4 Å². The van der Waals surface area contributed by atoms with E-state index in [2.05, 4.69) is 15.2 Å². The lowest BCUT2D eigenvalue weighted by molar-refractivity contribution is 0.0630. The summed E-state index contributed by atoms with van der Waals surface area (Å²) in [5.74, 6) is -2.07. The molecule has 1 aromatic heterocycles. The number of aromatic hydroxyl groups is 1. The Morgan fingerprint density at radius 3 is 2.64 bits per heavy atom. The molecular weight excluding hydrogens is 395 g/mol. The molecule has 2 aromatic rings. The Bertz CT molecular complexity index is 960. The standard InChI is InChI=1S/C14H17BN4O8S/c20-12-8(3-4-15(23)24)1-2-10(11(12)13(21)22)27-9-5-19(6-9)28(25,26)14-16-7-17-18-14/h1-2,7,9,20,23-24H,3-6H2,(H,21,22)(H,16,17,18). The van der Waals surface area contributed by atoms with Gasteiger partial charge in [0.05, 0.1) is 13.1 Å². The summed E-state index contributed by atoms with van der Waals surface area (Å²) in [6.07, 6.45) is 0.431. The zero-order valence-electron chi connectivity index (χ0n) is 14.4. The predicted octanol–water partition coefficient (Wildman–Crippen LogP) is -1.32. The van der Waals surface area contributed by atoms with Crippen LogP contribution in [0.15, 0.2) is 23.6 Å². The Labute approximate surface area is 159 Å². The minimum atomic E-state index is -3.83. The van der Waals surface area contributed by atoms with Crippen molar-refractivity contribution in [2.75, 3.05) is 13.1 Å². The second-order valence-corrected chi connectivity index (χ2v) is 7.98. The molecule has 0 spiro atoms. The average molecular weight is 412 g/mol. The van der Waals surface area contributed by atoms with Crippen molar-refractivity contribution in [2.45, 2.75) is 24.0 Å². The highest BCUT2D eigenvalue weighted by molar-refractivity contribution is 7.89. The molecule has 28 heavy (non-hydrogen) atoms. The molecule has 0 bridgehead atoms. The van der Waals surface area contributed by atoms with Crippen LogP contribution in [0.2, 0.25) is 6.32 Å². The Kier molecular flexibility index (Phi) is 5.55. The minimum absolute atomic E-state index is 0.0265. The molecule has 1 fully saturated rings. The molecule has 5 N–H and O–H groups in total. The van der Waals surface area contributed by atoms with Crippen molar-refractivity contribution in [3.05, 3.63) is 29.6 Å². The van der Waals surface area contributed by atoms with Gasteiger partial charge >= 0.3 is 13.1 Å². The maximum absolute atomic E-state index is 12.2. The number of hydrogen-bond acceptors (Lipinski definition) is 9. The van der Waals surface area contributed by atoms with Gasteiger partial charge in [0.15, 0.2) is 0 Å². The van der Waals surface area contributed by atoms with Crippen LogP contribution in [-0.2, 0) is 16.4 Å². The van der Waals surface area contributed by atoms with Crippen LogP contribution < -0.4 is 4.74 Å². The number of hydrogen-bond donors (Lipinski definition) is 5. The minimum Gasteiger partial charge on any atom is -0.507 e. The number of sulfonamides is 1. The molecule has 1 saturated heterocycles. The second-order valence-electron chi connectivity index (χ2n) is 6.12. The lowest BCUT2D eigenvalue weighted by Gasteiger charge is -2.37. The number of benzene rings is 1. The number of rotatable bonds is 8. The third kappa shape index (κ3) is 3.94. The summed E-state index contributed by atoms with van der Waals surface area (Å²) in [5, 5.41) is 42.9. The van der Waals surface area contributed by atoms with Gasteiger partial charge in [-0.2, -0.15) is 9.40 Å². The van der Waals surface area contributed by atoms with E-state index >= 15 is 0 Å². The Morgan fingerprint density at radius 1 is 1.36 bits per heavy atom. The van der Waals surface area contributed by atoms with E-state index in [9.17, 15) is 23.4 Å². The number of nitrogens with one attached hydrogen (secondary N) is 1. The van der Waals surface area contributed by atoms with E-state index in [1.54, 1.807) is 0 Å². The topological polar surface area (TPSA) is 186 Å². The number of aryl methyl sites for hydroxylation is 1. The highest BCUT2D eigenvalue weighted by atomic mass is 32.2. The number of aromatic nitrogens is 3. The van der Waals surface area contributed by atoms with Crippen molar-refractivity contribution in [1.29, 1.82) is 0 Å². The van der Waals surface area contributed by atoms with Gasteiger partial charge in [-0.25, -0.2) is 23.3 Å². The predicted molar refractivity (Wildman–Crippen MR) is 93.3 cm³/mol. The van der Waals surface area contributed by atoms with Crippen molar-refractivity contribution >= 4 is 23.1 Å². The smallest absolute Gasteiger partial charge is 0.451 e. The van der Waals surface area contributed by atoms with Crippen molar-refractivity contribution in [2.24, 2.45) is 0 Å². The SMILES string of the molecule is O=C(O)c1c(OC2CN(S(=O)(=O)c3ncn[nH]3)C2)ccc(CCB(O)O)c1O. The number of carboxylic acid groups (broad SMARTS) is 1. The van der Waals surface area contributed by atoms with Crippen LogP contribution in [0.25, 0.3) is 0 Å². The van der Waals surface area contributed by atoms with Crippen LogP contribution in [0, 0.1) is 0 Å². The molecule has 150 valence electrons. The molecule has 0 amide bonds. The van der Waals surface area contributed by atoms with E-state index in [4.69, 9.17) is 14.8 Å². The van der Waals surface area contributed by atoms with E-state index in [1.807, 2.05) is 0 Å². The molecule has 0 unspecified atom stereocenters. The summed E-state index contributed by atoms with van der Waals surface area (Å²) in [6.45, 7) is -0.0530. The Hall–Kier alpha value is -2.68. The third-order valence-electron chi connectivity index (χ3n) is 4.19. The number of phenols is 1. The van der Waals surface area contributed by atoms with Gasteiger partial charge in [0, 0.05) is 0 Å². The fraction of sp³-hybridized carbons (Fsp3) is 0.357. The molecule has 1 aliphatic rings. The van der Waals surface area contributed by atoms with E-state index in [1.165, 1.54) is 12.1 Å². The molecule has 3 rings (SSSR count). The number of carbonyl (C=O) groups is 1. The molecular formula is C14H17BN4O8S. The zero-order chi connectivity index (χ0) is 20.5. The fourth-order valence-electron chi connectivity index (χ4n) is 2.70. The van der Waals surface area contributed by atoms with E-state index in [0.717, 1.165) is 10.6 Å². The van der Waals surface area contributed by atoms with Gasteiger partial charge in [-0.15, -0.1) is 0 Å². The number of nitrogens with zero attached hydrogens (tertiary/aromatic N) is 3. The third-order valence-corrected chi connectivity index (χ3v) is 5.86. The molecule has 0 saturated carbocycles. The number of aromatic amines is 1. The highest BCUT2D eigenvalue weighted by Gasteiger charge is 2.40. The monoisotopic (exact) mass is 412 g/mol. The first-order chi connectivity index (χ1) is 13.2. The summed E-state index contributed by atoms with van der Waals surface area (Å²) in [4.78, 5) is 15.1. The van der Waals surface area contributed by atoms with Gasteiger partial charge in [-0.1, -0.05) is 6.07 Å². The van der Waals surface area contributed by atoms with Gasteiger partial charge < -0.3 is 25.0 Å². The molecule has 1 aromatic carbocycles. The van der Waals surface area contributed by atoms with Gasteiger partial charge in [-0.05, 0) is 24.4 Å². The molecule has 0 radical (unpaired) electrons. The van der Waals surface area contributed by atoms with Crippen molar-refractivity contribution < 1.29 is 38.2 Å². The van der Waals surface area contributed by atoms with Crippen LogP contribution in [0.5, 0.6) is 11.5 Å². The summed E-state index contributed by atoms with van der Waals surface area (Å²) >= 11 is 0. The second kappa shape index (κ2) is 7.75. The first-order valence-electron chi connectivity index (χ1n) is 8.16. The van der Waals surface area contributed by atoms with Crippen LogP contribution in [0.1, 0.15) is 15.9 Å². The van der Waals surface area contributed by atoms with Crippen LogP contribution in [0.3, 0.4) is 0 Å². The molecule has 1 aliphatic heterocycles. The maximum atomic E-state index is 12.2. The Balaban J connectivity index is 1.71. The van der Waals surface area contributed by atoms with Gasteiger partial charge in [0.2, 0.25) is 0 Å². The number of aromatic carboxylic acids is 1. The summed E-state index contributed by atoms with van der Waals surface area (Å²) in [6, 6.07) is 2.76. The average Bonchev–Trinajstić information content (AvgIpc) is 3.11. The number of ether oxygens (including phenoxy) is 1. The fourth-order valence-corrected chi connectivity index (χ4v) is 4.02. The molecule has 2 heterocycles. The van der Waals surface area contributed by atoms with Crippen molar-refractivity contribution in [3.63, 3.8) is 0 Å².